The first kappa shape index (κ1) is 11.1. The van der Waals surface area contributed by atoms with Crippen LogP contribution in [0.1, 0.15) is 23.1 Å². The Morgan fingerprint density at radius 2 is 1.89 bits per heavy atom. The van der Waals surface area contributed by atoms with Crippen LogP contribution in [0.15, 0.2) is 42.5 Å². The van der Waals surface area contributed by atoms with E-state index in [2.05, 4.69) is 18.2 Å². The number of anilines is 1. The van der Waals surface area contributed by atoms with Crippen LogP contribution in [-0.4, -0.2) is 0 Å². The topological polar surface area (TPSA) is 35.2 Å². The Kier molecular flexibility index (Phi) is 2.93. The van der Waals surface area contributed by atoms with Crippen molar-refractivity contribution in [2.75, 3.05) is 5.73 Å². The van der Waals surface area contributed by atoms with Gasteiger partial charge >= 0.3 is 0 Å². The summed E-state index contributed by atoms with van der Waals surface area (Å²) in [5.41, 5.74) is 10.7. The molecule has 0 unspecified atom stereocenters. The maximum atomic E-state index is 5.75. The lowest BCUT2D eigenvalue weighted by molar-refractivity contribution is 0.306. The van der Waals surface area contributed by atoms with Crippen molar-refractivity contribution < 1.29 is 4.74 Å². The average Bonchev–Trinajstić information content (AvgIpc) is 2.84. The molecule has 0 aliphatic heterocycles. The van der Waals surface area contributed by atoms with Gasteiger partial charge in [0.25, 0.3) is 0 Å². The highest BCUT2D eigenvalue weighted by atomic mass is 16.5. The number of rotatable bonds is 3. The molecule has 0 fully saturated rings. The molecule has 2 nitrogen and oxygen atoms in total. The van der Waals surface area contributed by atoms with Crippen molar-refractivity contribution >= 4 is 5.69 Å². The van der Waals surface area contributed by atoms with Crippen LogP contribution in [0.25, 0.3) is 0 Å². The van der Waals surface area contributed by atoms with E-state index in [0.29, 0.717) is 6.61 Å². The molecule has 3 rings (SSSR count). The summed E-state index contributed by atoms with van der Waals surface area (Å²) >= 11 is 0. The molecule has 0 saturated carbocycles. The van der Waals surface area contributed by atoms with Crippen LogP contribution in [0.5, 0.6) is 5.75 Å². The van der Waals surface area contributed by atoms with Crippen molar-refractivity contribution in [1.29, 1.82) is 0 Å². The second-order valence-electron chi connectivity index (χ2n) is 4.82. The zero-order chi connectivity index (χ0) is 12.4. The Morgan fingerprint density at radius 3 is 2.78 bits per heavy atom. The van der Waals surface area contributed by atoms with Crippen LogP contribution in [0.3, 0.4) is 0 Å². The first-order valence-corrected chi connectivity index (χ1v) is 6.40. The fourth-order valence-electron chi connectivity index (χ4n) is 2.49. The van der Waals surface area contributed by atoms with Crippen LogP contribution >= 0.6 is 0 Å². The summed E-state index contributed by atoms with van der Waals surface area (Å²) in [7, 11) is 0. The van der Waals surface area contributed by atoms with Crippen molar-refractivity contribution in [3.63, 3.8) is 0 Å². The van der Waals surface area contributed by atoms with Gasteiger partial charge in [-0.1, -0.05) is 24.3 Å². The summed E-state index contributed by atoms with van der Waals surface area (Å²) < 4.78 is 5.75. The lowest BCUT2D eigenvalue weighted by Crippen LogP contribution is -1.97. The molecule has 0 saturated heterocycles. The smallest absolute Gasteiger partial charge is 0.121 e. The summed E-state index contributed by atoms with van der Waals surface area (Å²) in [5, 5.41) is 0. The number of benzene rings is 2. The van der Waals surface area contributed by atoms with Crippen molar-refractivity contribution in [3.05, 3.63) is 59.2 Å². The van der Waals surface area contributed by atoms with Crippen molar-refractivity contribution in [3.8, 4) is 5.75 Å². The van der Waals surface area contributed by atoms with E-state index in [1.54, 1.807) is 0 Å². The molecule has 92 valence electrons. The number of aryl methyl sites for hydroxylation is 2. The van der Waals surface area contributed by atoms with Crippen LogP contribution in [0.4, 0.5) is 5.69 Å². The monoisotopic (exact) mass is 239 g/mol. The van der Waals surface area contributed by atoms with Gasteiger partial charge in [-0.3, -0.25) is 0 Å². The van der Waals surface area contributed by atoms with Gasteiger partial charge in [-0.25, -0.2) is 0 Å². The van der Waals surface area contributed by atoms with Crippen LogP contribution in [0, 0.1) is 0 Å². The van der Waals surface area contributed by atoms with Crippen LogP contribution < -0.4 is 10.5 Å². The average molecular weight is 239 g/mol. The van der Waals surface area contributed by atoms with Crippen molar-refractivity contribution in [1.82, 2.24) is 0 Å². The molecule has 0 bridgehead atoms. The fraction of sp³-hybridized carbons (Fsp3) is 0.250. The zero-order valence-corrected chi connectivity index (χ0v) is 10.4. The highest BCUT2D eigenvalue weighted by Gasteiger charge is 2.10. The maximum Gasteiger partial charge on any atom is 0.121 e. The van der Waals surface area contributed by atoms with Gasteiger partial charge in [0.2, 0.25) is 0 Å². The molecule has 0 aromatic heterocycles. The molecule has 2 heteroatoms. The largest absolute Gasteiger partial charge is 0.489 e. The lowest BCUT2D eigenvalue weighted by atomic mass is 10.1. The number of hydrogen-bond donors (Lipinski definition) is 1. The summed E-state index contributed by atoms with van der Waals surface area (Å²) in [6, 6.07) is 14.2. The number of ether oxygens (including phenoxy) is 1. The van der Waals surface area contributed by atoms with Crippen molar-refractivity contribution in [2.24, 2.45) is 0 Å². The third-order valence-electron chi connectivity index (χ3n) is 3.43. The minimum atomic E-state index is 0.608. The lowest BCUT2D eigenvalue weighted by Gasteiger charge is -2.08. The number of nitrogen functional groups attached to an aromatic ring is 1. The zero-order valence-electron chi connectivity index (χ0n) is 10.4. The molecule has 2 aromatic carbocycles. The van der Waals surface area contributed by atoms with Gasteiger partial charge in [0.15, 0.2) is 0 Å². The van der Waals surface area contributed by atoms with E-state index in [4.69, 9.17) is 10.5 Å². The van der Waals surface area contributed by atoms with Gasteiger partial charge in [-0.2, -0.15) is 0 Å². The third kappa shape index (κ3) is 2.33. The number of nitrogens with two attached hydrogens (primary N) is 1. The molecule has 2 aromatic rings. The molecule has 2 N–H and O–H groups in total. The van der Waals surface area contributed by atoms with Gasteiger partial charge in [-0.15, -0.1) is 0 Å². The Morgan fingerprint density at radius 1 is 1.00 bits per heavy atom. The Bertz CT molecular complexity index is 563. The summed E-state index contributed by atoms with van der Waals surface area (Å²) in [4.78, 5) is 0. The fourth-order valence-corrected chi connectivity index (χ4v) is 2.49. The van der Waals surface area contributed by atoms with Crippen molar-refractivity contribution in [2.45, 2.75) is 25.9 Å². The highest BCUT2D eigenvalue weighted by molar-refractivity contribution is 5.43. The van der Waals surface area contributed by atoms with E-state index in [1.165, 1.54) is 36.0 Å². The molecule has 0 spiro atoms. The minimum Gasteiger partial charge on any atom is -0.489 e. The van der Waals surface area contributed by atoms with E-state index in [1.807, 2.05) is 24.3 Å². The van der Waals surface area contributed by atoms with Gasteiger partial charge < -0.3 is 10.5 Å². The second kappa shape index (κ2) is 4.73. The summed E-state index contributed by atoms with van der Waals surface area (Å²) in [6.45, 7) is 0.608. The van der Waals surface area contributed by atoms with E-state index in [0.717, 1.165) is 11.4 Å². The predicted octanol–water partition coefficient (Wildman–Crippen LogP) is 3.34. The standard InChI is InChI=1S/C16H17NO/c17-15-5-2-6-16(10-15)18-11-12-7-8-13-3-1-4-14(13)9-12/h2,5-10H,1,3-4,11,17H2. The Labute approximate surface area is 107 Å². The van der Waals surface area contributed by atoms with E-state index in [9.17, 15) is 0 Å². The molecule has 1 aliphatic carbocycles. The SMILES string of the molecule is Nc1cccc(OCc2ccc3c(c2)CCC3)c1. The number of hydrogen-bond acceptors (Lipinski definition) is 2. The first-order chi connectivity index (χ1) is 8.81. The molecular formula is C16H17NO. The van der Waals surface area contributed by atoms with E-state index < -0.39 is 0 Å². The van der Waals surface area contributed by atoms with Gasteiger partial charge in [0.1, 0.15) is 12.4 Å². The summed E-state index contributed by atoms with van der Waals surface area (Å²) in [5.74, 6) is 0.829. The Hall–Kier alpha value is -1.96. The first-order valence-electron chi connectivity index (χ1n) is 6.40. The highest BCUT2D eigenvalue weighted by Crippen LogP contribution is 2.23. The minimum absolute atomic E-state index is 0.608. The van der Waals surface area contributed by atoms with E-state index >= 15 is 0 Å². The summed E-state index contributed by atoms with van der Waals surface area (Å²) in [6.07, 6.45) is 3.72. The Balaban J connectivity index is 1.70. The third-order valence-corrected chi connectivity index (χ3v) is 3.43. The van der Waals surface area contributed by atoms with Crippen LogP contribution in [-0.2, 0) is 19.4 Å². The molecule has 0 heterocycles. The normalized spacial score (nSPS) is 13.3. The maximum absolute atomic E-state index is 5.75. The van der Waals surface area contributed by atoms with Crippen LogP contribution in [0.2, 0.25) is 0 Å². The quantitative estimate of drug-likeness (QED) is 0.834. The van der Waals surface area contributed by atoms with Gasteiger partial charge in [0, 0.05) is 11.8 Å². The van der Waals surface area contributed by atoms with Gasteiger partial charge in [-0.05, 0) is 48.1 Å². The second-order valence-corrected chi connectivity index (χ2v) is 4.82. The molecule has 18 heavy (non-hydrogen) atoms. The molecule has 0 radical (unpaired) electrons. The molecule has 1 aliphatic rings. The van der Waals surface area contributed by atoms with Gasteiger partial charge in [0.05, 0.1) is 0 Å². The number of fused-ring (bicyclic) bond motifs is 1. The van der Waals surface area contributed by atoms with E-state index in [-0.39, 0.29) is 0 Å². The molecular weight excluding hydrogens is 222 g/mol. The molecule has 0 amide bonds. The predicted molar refractivity (Wildman–Crippen MR) is 73.7 cm³/mol. The molecule has 0 atom stereocenters.